The quantitative estimate of drug-likeness (QED) is 0.532. The third kappa shape index (κ3) is 8.65. The fourth-order valence-corrected chi connectivity index (χ4v) is 2.44. The first-order chi connectivity index (χ1) is 9.06. The Labute approximate surface area is 122 Å². The van der Waals surface area contributed by atoms with Gasteiger partial charge in [-0.15, -0.1) is 0 Å². The van der Waals surface area contributed by atoms with Crippen LogP contribution in [0.25, 0.3) is 0 Å². The van der Waals surface area contributed by atoms with E-state index in [0.29, 0.717) is 12.1 Å². The second-order valence-electron chi connectivity index (χ2n) is 6.24. The van der Waals surface area contributed by atoms with Crippen molar-refractivity contribution >= 4 is 0 Å². The summed E-state index contributed by atoms with van der Waals surface area (Å²) in [5, 5.41) is 3.75. The first kappa shape index (κ1) is 18.9. The van der Waals surface area contributed by atoms with E-state index in [0.717, 1.165) is 12.5 Å². The highest BCUT2D eigenvalue weighted by atomic mass is 15.2. The third-order valence-corrected chi connectivity index (χ3v) is 4.20. The minimum absolute atomic E-state index is 0.647. The van der Waals surface area contributed by atoms with Gasteiger partial charge in [-0.25, -0.2) is 0 Å². The number of nitrogens with zero attached hydrogens (tertiary/aromatic N) is 1. The fourth-order valence-electron chi connectivity index (χ4n) is 2.44. The maximum absolute atomic E-state index is 3.75. The molecule has 0 bridgehead atoms. The highest BCUT2D eigenvalue weighted by Crippen LogP contribution is 2.12. The van der Waals surface area contributed by atoms with E-state index >= 15 is 0 Å². The van der Waals surface area contributed by atoms with Gasteiger partial charge >= 0.3 is 0 Å². The molecule has 0 radical (unpaired) electrons. The standard InChI is InChI=1S/C17H38N2/c1-7-10-11-13-19(15(4)5)14-17(16(6)9-3)18-12-8-2/h15-18H,7-14H2,1-6H3. The van der Waals surface area contributed by atoms with Crippen LogP contribution in [0.2, 0.25) is 0 Å². The van der Waals surface area contributed by atoms with Gasteiger partial charge in [0.25, 0.3) is 0 Å². The van der Waals surface area contributed by atoms with Crippen LogP contribution in [0.1, 0.15) is 73.6 Å². The minimum Gasteiger partial charge on any atom is -0.312 e. The lowest BCUT2D eigenvalue weighted by molar-refractivity contribution is 0.171. The molecule has 116 valence electrons. The molecule has 0 aliphatic rings. The van der Waals surface area contributed by atoms with E-state index in [1.54, 1.807) is 0 Å². The van der Waals surface area contributed by atoms with Gasteiger partial charge in [0.05, 0.1) is 0 Å². The van der Waals surface area contributed by atoms with Gasteiger partial charge in [0.2, 0.25) is 0 Å². The summed E-state index contributed by atoms with van der Waals surface area (Å²) in [6, 6.07) is 1.31. The molecule has 0 spiro atoms. The highest BCUT2D eigenvalue weighted by Gasteiger charge is 2.20. The number of unbranched alkanes of at least 4 members (excludes halogenated alkanes) is 2. The van der Waals surface area contributed by atoms with Gasteiger partial charge in [-0.3, -0.25) is 4.90 Å². The molecule has 0 saturated carbocycles. The second-order valence-corrected chi connectivity index (χ2v) is 6.24. The normalized spacial score (nSPS) is 15.2. The van der Waals surface area contributed by atoms with Crippen molar-refractivity contribution in [2.24, 2.45) is 5.92 Å². The molecule has 2 atom stereocenters. The molecule has 0 aliphatic carbocycles. The van der Waals surface area contributed by atoms with Crippen LogP contribution in [0.3, 0.4) is 0 Å². The van der Waals surface area contributed by atoms with E-state index in [2.05, 4.69) is 51.8 Å². The van der Waals surface area contributed by atoms with Gasteiger partial charge in [0, 0.05) is 18.6 Å². The fraction of sp³-hybridized carbons (Fsp3) is 1.00. The van der Waals surface area contributed by atoms with E-state index in [1.807, 2.05) is 0 Å². The first-order valence-electron chi connectivity index (χ1n) is 8.54. The Morgan fingerprint density at radius 3 is 2.11 bits per heavy atom. The molecule has 0 saturated heterocycles. The molecule has 1 N–H and O–H groups in total. The van der Waals surface area contributed by atoms with Crippen molar-refractivity contribution in [3.05, 3.63) is 0 Å². The summed E-state index contributed by atoms with van der Waals surface area (Å²) in [5.74, 6) is 0.763. The molecule has 0 aliphatic heterocycles. The first-order valence-corrected chi connectivity index (χ1v) is 8.54. The molecule has 2 unspecified atom stereocenters. The van der Waals surface area contributed by atoms with Gasteiger partial charge in [-0.1, -0.05) is 47.0 Å². The number of rotatable bonds is 12. The van der Waals surface area contributed by atoms with E-state index in [4.69, 9.17) is 0 Å². The van der Waals surface area contributed by atoms with Crippen molar-refractivity contribution < 1.29 is 0 Å². The highest BCUT2D eigenvalue weighted by molar-refractivity contribution is 4.78. The Bertz CT molecular complexity index is 192. The molecule has 0 aromatic carbocycles. The Morgan fingerprint density at radius 2 is 1.63 bits per heavy atom. The van der Waals surface area contributed by atoms with Gasteiger partial charge in [-0.2, -0.15) is 0 Å². The molecule has 2 heteroatoms. The number of hydrogen-bond acceptors (Lipinski definition) is 2. The predicted octanol–water partition coefficient (Wildman–Crippen LogP) is 4.30. The predicted molar refractivity (Wildman–Crippen MR) is 87.8 cm³/mol. The topological polar surface area (TPSA) is 15.3 Å². The van der Waals surface area contributed by atoms with E-state index < -0.39 is 0 Å². The molecule has 0 rings (SSSR count). The van der Waals surface area contributed by atoms with Gasteiger partial charge in [-0.05, 0) is 45.7 Å². The largest absolute Gasteiger partial charge is 0.312 e. The number of nitrogens with one attached hydrogen (secondary N) is 1. The van der Waals surface area contributed by atoms with Crippen molar-refractivity contribution in [2.45, 2.75) is 85.7 Å². The van der Waals surface area contributed by atoms with Crippen LogP contribution in [0.5, 0.6) is 0 Å². The zero-order valence-electron chi connectivity index (χ0n) is 14.3. The van der Waals surface area contributed by atoms with Crippen LogP contribution in [0.15, 0.2) is 0 Å². The van der Waals surface area contributed by atoms with Crippen LogP contribution in [-0.2, 0) is 0 Å². The summed E-state index contributed by atoms with van der Waals surface area (Å²) in [6.45, 7) is 17.5. The molecule has 0 amide bonds. The summed E-state index contributed by atoms with van der Waals surface area (Å²) in [7, 11) is 0. The van der Waals surface area contributed by atoms with Crippen molar-refractivity contribution in [3.63, 3.8) is 0 Å². The molecule has 19 heavy (non-hydrogen) atoms. The van der Waals surface area contributed by atoms with E-state index in [-0.39, 0.29) is 0 Å². The molecular formula is C17H38N2. The SMILES string of the molecule is CCCCCN(CC(NCCC)C(C)CC)C(C)C. The maximum Gasteiger partial charge on any atom is 0.0220 e. The van der Waals surface area contributed by atoms with Crippen molar-refractivity contribution in [1.29, 1.82) is 0 Å². The summed E-state index contributed by atoms with van der Waals surface area (Å²) < 4.78 is 0. The average molecular weight is 271 g/mol. The van der Waals surface area contributed by atoms with Gasteiger partial charge in [0.15, 0.2) is 0 Å². The average Bonchev–Trinajstić information content (AvgIpc) is 2.40. The second kappa shape index (κ2) is 11.7. The van der Waals surface area contributed by atoms with E-state index in [1.165, 1.54) is 45.2 Å². The monoisotopic (exact) mass is 270 g/mol. The molecule has 0 aromatic rings. The summed E-state index contributed by atoms with van der Waals surface area (Å²) in [6.07, 6.45) is 6.51. The number of hydrogen-bond donors (Lipinski definition) is 1. The third-order valence-electron chi connectivity index (χ3n) is 4.20. The van der Waals surface area contributed by atoms with Crippen LogP contribution in [0, 0.1) is 5.92 Å². The van der Waals surface area contributed by atoms with E-state index in [9.17, 15) is 0 Å². The zero-order chi connectivity index (χ0) is 14.7. The lowest BCUT2D eigenvalue weighted by Gasteiger charge is -2.34. The van der Waals surface area contributed by atoms with Crippen LogP contribution in [0.4, 0.5) is 0 Å². The van der Waals surface area contributed by atoms with Gasteiger partial charge in [0.1, 0.15) is 0 Å². The summed E-state index contributed by atoms with van der Waals surface area (Å²) >= 11 is 0. The zero-order valence-corrected chi connectivity index (χ0v) is 14.3. The molecule has 0 aromatic heterocycles. The Morgan fingerprint density at radius 1 is 0.947 bits per heavy atom. The minimum atomic E-state index is 0.647. The van der Waals surface area contributed by atoms with Crippen molar-refractivity contribution in [2.75, 3.05) is 19.6 Å². The van der Waals surface area contributed by atoms with Crippen molar-refractivity contribution in [1.82, 2.24) is 10.2 Å². The van der Waals surface area contributed by atoms with Crippen LogP contribution < -0.4 is 5.32 Å². The summed E-state index contributed by atoms with van der Waals surface area (Å²) in [5.41, 5.74) is 0. The molecule has 0 heterocycles. The molecule has 2 nitrogen and oxygen atoms in total. The Kier molecular flexibility index (Phi) is 11.7. The maximum atomic E-state index is 3.75. The lowest BCUT2D eigenvalue weighted by Crippen LogP contribution is -2.47. The van der Waals surface area contributed by atoms with Crippen molar-refractivity contribution in [3.8, 4) is 0 Å². The van der Waals surface area contributed by atoms with Crippen LogP contribution >= 0.6 is 0 Å². The Hall–Kier alpha value is -0.0800. The molecule has 0 fully saturated rings. The molecular weight excluding hydrogens is 232 g/mol. The lowest BCUT2D eigenvalue weighted by atomic mass is 9.97. The summed E-state index contributed by atoms with van der Waals surface area (Å²) in [4.78, 5) is 2.66. The van der Waals surface area contributed by atoms with Crippen LogP contribution in [-0.4, -0.2) is 36.6 Å². The Balaban J connectivity index is 4.36. The smallest absolute Gasteiger partial charge is 0.0220 e. The van der Waals surface area contributed by atoms with Gasteiger partial charge < -0.3 is 5.32 Å².